The van der Waals surface area contributed by atoms with E-state index in [1.807, 2.05) is 0 Å². The van der Waals surface area contributed by atoms with Crippen molar-refractivity contribution in [2.24, 2.45) is 0 Å². The van der Waals surface area contributed by atoms with Crippen molar-refractivity contribution in [3.8, 4) is 0 Å². The van der Waals surface area contributed by atoms with Gasteiger partial charge in [0, 0.05) is 0 Å². The van der Waals surface area contributed by atoms with E-state index in [4.69, 9.17) is 10.2 Å². The zero-order valence-electron chi connectivity index (χ0n) is 17.0. The summed E-state index contributed by atoms with van der Waals surface area (Å²) in [6.45, 7) is 0. The van der Waals surface area contributed by atoms with Gasteiger partial charge in [0.1, 0.15) is 0 Å². The molecule has 4 nitrogen and oxygen atoms in total. The summed E-state index contributed by atoms with van der Waals surface area (Å²) in [5.41, 5.74) is -35.0. The average molecular weight is 652 g/mol. The number of hydrogen-bond donors (Lipinski definition) is 2. The standard InChI is InChI=1S/C14H2F22O4/c15-1-5(17,18)2(16)8(23,24)3(6(1,19)20,39-13(33,34)11(29,30)37)10(27,28)4(7(1,21)22,9(2,25)26)40-14(35,36)12(31,32)38/h37-38H. The maximum absolute atomic E-state index is 15.2. The van der Waals surface area contributed by atoms with E-state index in [2.05, 4.69) is 0 Å². The lowest BCUT2D eigenvalue weighted by molar-refractivity contribution is -0.659. The van der Waals surface area contributed by atoms with Gasteiger partial charge >= 0.3 is 71.3 Å². The molecule has 4 aliphatic carbocycles. The van der Waals surface area contributed by atoms with E-state index in [1.165, 1.54) is 0 Å². The molecule has 2 N–H and O–H groups in total. The lowest BCUT2D eigenvalue weighted by atomic mass is 9.39. The Morgan fingerprint density at radius 1 is 0.350 bits per heavy atom. The lowest BCUT2D eigenvalue weighted by Gasteiger charge is -2.76. The summed E-state index contributed by atoms with van der Waals surface area (Å²) in [4.78, 5) is 0. The minimum Gasteiger partial charge on any atom is -0.329 e. The van der Waals surface area contributed by atoms with Gasteiger partial charge in [0.2, 0.25) is 0 Å². The van der Waals surface area contributed by atoms with E-state index in [0.29, 0.717) is 0 Å². The van der Waals surface area contributed by atoms with Gasteiger partial charge in [-0.15, -0.1) is 0 Å². The number of alkyl halides is 22. The quantitative estimate of drug-likeness (QED) is 0.392. The van der Waals surface area contributed by atoms with Crippen LogP contribution in [0.1, 0.15) is 0 Å². The van der Waals surface area contributed by atoms with Crippen LogP contribution >= 0.6 is 0 Å². The summed E-state index contributed by atoms with van der Waals surface area (Å²) in [6.07, 6.45) is -31.1. The molecule has 4 bridgehead atoms. The first-order chi connectivity index (χ1) is 16.9. The molecule has 0 aromatic heterocycles. The van der Waals surface area contributed by atoms with Crippen LogP contribution in [0, 0.1) is 0 Å². The fourth-order valence-corrected chi connectivity index (χ4v) is 4.71. The van der Waals surface area contributed by atoms with Crippen molar-refractivity contribution in [2.75, 3.05) is 0 Å². The van der Waals surface area contributed by atoms with Crippen LogP contribution in [0.25, 0.3) is 0 Å². The van der Waals surface area contributed by atoms with Crippen LogP contribution in [0.3, 0.4) is 0 Å². The minimum absolute atomic E-state index is 1.55. The first-order valence-electron chi connectivity index (χ1n) is 8.92. The Bertz CT molecular complexity index is 986. The van der Waals surface area contributed by atoms with Gasteiger partial charge in [-0.1, -0.05) is 0 Å². The number of hydrogen-bond acceptors (Lipinski definition) is 4. The number of halogens is 22. The molecular weight excluding hydrogens is 650 g/mol. The molecule has 4 fully saturated rings. The van der Waals surface area contributed by atoms with E-state index < -0.39 is 82.5 Å². The van der Waals surface area contributed by atoms with Crippen molar-refractivity contribution >= 4 is 0 Å². The Morgan fingerprint density at radius 3 is 0.725 bits per heavy atom. The highest BCUT2D eigenvalue weighted by atomic mass is 19.4. The van der Waals surface area contributed by atoms with Crippen LogP contribution in [0.4, 0.5) is 96.6 Å². The van der Waals surface area contributed by atoms with E-state index in [-0.39, 0.29) is 0 Å². The van der Waals surface area contributed by atoms with Gasteiger partial charge in [0.15, 0.2) is 0 Å². The fourth-order valence-electron chi connectivity index (χ4n) is 4.71. The van der Waals surface area contributed by atoms with Gasteiger partial charge in [0.25, 0.3) is 11.2 Å². The first-order valence-corrected chi connectivity index (χ1v) is 8.92. The first kappa shape index (κ1) is 32.8. The largest absolute Gasteiger partial charge is 0.449 e. The summed E-state index contributed by atoms with van der Waals surface area (Å²) >= 11 is 0. The maximum Gasteiger partial charge on any atom is 0.449 e. The van der Waals surface area contributed by atoms with Crippen molar-refractivity contribution < 1.29 is 116 Å². The summed E-state index contributed by atoms with van der Waals surface area (Å²) in [7, 11) is 0. The smallest absolute Gasteiger partial charge is 0.329 e. The van der Waals surface area contributed by atoms with Gasteiger partial charge in [0.05, 0.1) is 0 Å². The average Bonchev–Trinajstić information content (AvgIpc) is 2.68. The second-order valence-corrected chi connectivity index (χ2v) is 8.45. The highest BCUT2D eigenvalue weighted by Crippen LogP contribution is 2.89. The second-order valence-electron chi connectivity index (χ2n) is 8.45. The molecule has 0 radical (unpaired) electrons. The Kier molecular flexibility index (Phi) is 5.67. The molecule has 0 amide bonds. The fraction of sp³-hybridized carbons (Fsp3) is 1.00. The Balaban J connectivity index is 2.75. The number of ether oxygens (including phenoxy) is 2. The highest BCUT2D eigenvalue weighted by molar-refractivity contribution is 5.54. The van der Waals surface area contributed by atoms with E-state index in [0.717, 1.165) is 0 Å². The van der Waals surface area contributed by atoms with Crippen molar-refractivity contribution in [1.29, 1.82) is 0 Å². The van der Waals surface area contributed by atoms with Gasteiger partial charge in [-0.05, 0) is 0 Å². The normalized spacial score (nSPS) is 40.8. The summed E-state index contributed by atoms with van der Waals surface area (Å²) < 4.78 is 316. The predicted octanol–water partition coefficient (Wildman–Crippen LogP) is 5.12. The third-order valence-electron chi connectivity index (χ3n) is 6.51. The maximum atomic E-state index is 15.2. The molecule has 0 aromatic rings. The molecule has 0 aromatic carbocycles. The van der Waals surface area contributed by atoms with Crippen LogP contribution in [0.15, 0.2) is 0 Å². The van der Waals surface area contributed by atoms with E-state index >= 15 is 17.6 Å². The zero-order chi connectivity index (χ0) is 32.4. The molecule has 0 aliphatic heterocycles. The molecule has 0 atom stereocenters. The number of aliphatic hydroxyl groups is 2. The molecule has 0 saturated heterocycles. The van der Waals surface area contributed by atoms with Gasteiger partial charge in [-0.2, -0.15) is 87.8 Å². The lowest BCUT2D eigenvalue weighted by Crippen LogP contribution is -3.11. The molecule has 0 unspecified atom stereocenters. The summed E-state index contributed by atoms with van der Waals surface area (Å²) in [5.74, 6) is -53.1. The van der Waals surface area contributed by atoms with E-state index in [9.17, 15) is 79.0 Å². The SMILES string of the molecule is OC(F)(F)C(F)(F)OC12C(F)(F)C3(F)C(F)(F)C(F)(C1(F)F)C(F)(F)C(OC(F)(F)C(O)(F)F)(C3(F)F)C2(F)F. The molecule has 0 heterocycles. The predicted molar refractivity (Wildman–Crippen MR) is 69.2 cm³/mol. The van der Waals surface area contributed by atoms with Crippen LogP contribution in [0.5, 0.6) is 0 Å². The van der Waals surface area contributed by atoms with Gasteiger partial charge in [-0.25, -0.2) is 8.78 Å². The van der Waals surface area contributed by atoms with Crippen molar-refractivity contribution in [1.82, 2.24) is 0 Å². The summed E-state index contributed by atoms with van der Waals surface area (Å²) in [5, 5.41) is 15.8. The van der Waals surface area contributed by atoms with Crippen LogP contribution in [-0.2, 0) is 9.47 Å². The Morgan fingerprint density at radius 2 is 0.550 bits per heavy atom. The van der Waals surface area contributed by atoms with Gasteiger partial charge < -0.3 is 10.2 Å². The molecule has 0 spiro atoms. The third-order valence-corrected chi connectivity index (χ3v) is 6.51. The molecule has 4 saturated carbocycles. The molecular formula is C14H2F22O4. The Hall–Kier alpha value is -1.70. The van der Waals surface area contributed by atoms with Crippen molar-refractivity contribution in [3.05, 3.63) is 0 Å². The highest BCUT2D eigenvalue weighted by Gasteiger charge is 3.24. The monoisotopic (exact) mass is 652 g/mol. The molecule has 40 heavy (non-hydrogen) atoms. The Labute approximate surface area is 200 Å². The minimum atomic E-state index is -9.01. The zero-order valence-corrected chi connectivity index (χ0v) is 17.0. The van der Waals surface area contributed by atoms with Crippen molar-refractivity contribution in [3.63, 3.8) is 0 Å². The van der Waals surface area contributed by atoms with Crippen LogP contribution in [-0.4, -0.2) is 92.7 Å². The second kappa shape index (κ2) is 6.92. The summed E-state index contributed by atoms with van der Waals surface area (Å²) in [6, 6.07) is 0. The van der Waals surface area contributed by atoms with E-state index in [1.54, 1.807) is 9.47 Å². The van der Waals surface area contributed by atoms with Crippen LogP contribution < -0.4 is 0 Å². The third kappa shape index (κ3) is 2.43. The molecule has 26 heteroatoms. The van der Waals surface area contributed by atoms with Crippen molar-refractivity contribution in [2.45, 2.75) is 82.5 Å². The number of rotatable bonds is 6. The molecule has 4 aliphatic rings. The van der Waals surface area contributed by atoms with Crippen LogP contribution in [0.2, 0.25) is 0 Å². The van der Waals surface area contributed by atoms with Gasteiger partial charge in [-0.3, -0.25) is 9.47 Å². The molecule has 4 rings (SSSR count). The topological polar surface area (TPSA) is 58.9 Å². The molecule has 236 valence electrons.